The molecule has 1 saturated carbocycles. The van der Waals surface area contributed by atoms with E-state index in [0.29, 0.717) is 18.3 Å². The van der Waals surface area contributed by atoms with Crippen LogP contribution < -0.4 is 0 Å². The van der Waals surface area contributed by atoms with Crippen molar-refractivity contribution in [2.75, 3.05) is 0 Å². The zero-order chi connectivity index (χ0) is 10.4. The lowest BCUT2D eigenvalue weighted by Gasteiger charge is -2.28. The summed E-state index contributed by atoms with van der Waals surface area (Å²) in [6.07, 6.45) is 1.25. The average Bonchev–Trinajstić information content (AvgIpc) is 2.56. The standard InChI is InChI=1S/C9H14O4S/c1-5-6-3-9(6)7(14(10,11)12)4-8(5,2)13-9/h5-7H,3-4H2,1-2H3,(H,10,11,12). The molecule has 5 heteroatoms. The quantitative estimate of drug-likeness (QED) is 0.662. The lowest BCUT2D eigenvalue weighted by Crippen LogP contribution is -2.38. The van der Waals surface area contributed by atoms with Crippen LogP contribution in [0.15, 0.2) is 0 Å². The molecule has 0 aromatic heterocycles. The van der Waals surface area contributed by atoms with Crippen molar-refractivity contribution in [1.29, 1.82) is 0 Å². The summed E-state index contributed by atoms with van der Waals surface area (Å²) in [5.74, 6) is 0.758. The van der Waals surface area contributed by atoms with E-state index >= 15 is 0 Å². The van der Waals surface area contributed by atoms with Crippen LogP contribution >= 0.6 is 0 Å². The summed E-state index contributed by atoms with van der Waals surface area (Å²) in [7, 11) is -3.94. The Morgan fingerprint density at radius 1 is 1.43 bits per heavy atom. The zero-order valence-electron chi connectivity index (χ0n) is 8.23. The van der Waals surface area contributed by atoms with Crippen molar-refractivity contribution >= 4 is 10.1 Å². The molecule has 2 heterocycles. The highest BCUT2D eigenvalue weighted by atomic mass is 32.2. The molecule has 80 valence electrons. The van der Waals surface area contributed by atoms with Crippen LogP contribution in [-0.2, 0) is 14.9 Å². The third-order valence-electron chi connectivity index (χ3n) is 4.49. The Labute approximate surface area is 83.4 Å². The van der Waals surface area contributed by atoms with Gasteiger partial charge >= 0.3 is 0 Å². The van der Waals surface area contributed by atoms with Gasteiger partial charge < -0.3 is 4.74 Å². The van der Waals surface area contributed by atoms with Gasteiger partial charge in [-0.25, -0.2) is 0 Å². The topological polar surface area (TPSA) is 63.6 Å². The molecule has 0 radical (unpaired) electrons. The summed E-state index contributed by atoms with van der Waals surface area (Å²) in [6, 6.07) is 0. The molecule has 3 fully saturated rings. The van der Waals surface area contributed by atoms with Crippen LogP contribution in [0, 0.1) is 11.8 Å². The first kappa shape index (κ1) is 9.12. The Hall–Kier alpha value is -0.130. The molecule has 3 rings (SSSR count). The number of hydrogen-bond donors (Lipinski definition) is 1. The van der Waals surface area contributed by atoms with Gasteiger partial charge in [0.1, 0.15) is 5.25 Å². The van der Waals surface area contributed by atoms with E-state index in [1.165, 1.54) is 0 Å². The fraction of sp³-hybridized carbons (Fsp3) is 1.00. The van der Waals surface area contributed by atoms with E-state index in [0.717, 1.165) is 6.42 Å². The zero-order valence-corrected chi connectivity index (χ0v) is 9.04. The third-order valence-corrected chi connectivity index (χ3v) is 5.78. The molecule has 3 aliphatic rings. The number of fused-ring (bicyclic) bond motifs is 1. The highest BCUT2D eigenvalue weighted by Gasteiger charge is 2.80. The first-order valence-electron chi connectivity index (χ1n) is 4.96. The van der Waals surface area contributed by atoms with Crippen molar-refractivity contribution in [3.8, 4) is 0 Å². The number of ether oxygens (including phenoxy) is 1. The third kappa shape index (κ3) is 0.800. The molecule has 1 spiro atoms. The van der Waals surface area contributed by atoms with Crippen molar-refractivity contribution in [3.63, 3.8) is 0 Å². The molecule has 5 unspecified atom stereocenters. The predicted molar refractivity (Wildman–Crippen MR) is 49.4 cm³/mol. The van der Waals surface area contributed by atoms with E-state index in [1.54, 1.807) is 0 Å². The highest BCUT2D eigenvalue weighted by molar-refractivity contribution is 7.86. The van der Waals surface area contributed by atoms with Crippen molar-refractivity contribution in [2.24, 2.45) is 11.8 Å². The molecule has 1 aliphatic carbocycles. The van der Waals surface area contributed by atoms with Gasteiger partial charge in [-0.3, -0.25) is 4.55 Å². The van der Waals surface area contributed by atoms with Crippen LogP contribution in [0.3, 0.4) is 0 Å². The summed E-state index contributed by atoms with van der Waals surface area (Å²) < 4.78 is 37.3. The lowest BCUT2D eigenvalue weighted by molar-refractivity contribution is -0.0265. The smallest absolute Gasteiger partial charge is 0.270 e. The minimum Gasteiger partial charge on any atom is -0.367 e. The molecule has 2 saturated heterocycles. The van der Waals surface area contributed by atoms with Gasteiger partial charge in [0, 0.05) is 0 Å². The lowest BCUT2D eigenvalue weighted by atomic mass is 9.80. The Morgan fingerprint density at radius 3 is 2.50 bits per heavy atom. The normalized spacial score (nSPS) is 60.1. The van der Waals surface area contributed by atoms with Gasteiger partial charge in [0.2, 0.25) is 0 Å². The number of rotatable bonds is 1. The maximum Gasteiger partial charge on any atom is 0.270 e. The molecule has 0 aromatic rings. The fourth-order valence-electron chi connectivity index (χ4n) is 3.52. The molecule has 2 aliphatic heterocycles. The first-order chi connectivity index (χ1) is 6.30. The van der Waals surface area contributed by atoms with E-state index in [4.69, 9.17) is 9.29 Å². The Morgan fingerprint density at radius 2 is 2.07 bits per heavy atom. The van der Waals surface area contributed by atoms with E-state index < -0.39 is 21.0 Å². The average molecular weight is 218 g/mol. The Kier molecular flexibility index (Phi) is 1.32. The van der Waals surface area contributed by atoms with Gasteiger partial charge in [-0.15, -0.1) is 0 Å². The minimum absolute atomic E-state index is 0.330. The van der Waals surface area contributed by atoms with Crippen LogP contribution in [0.5, 0.6) is 0 Å². The molecule has 5 atom stereocenters. The van der Waals surface area contributed by atoms with Gasteiger partial charge in [0.05, 0.1) is 11.2 Å². The van der Waals surface area contributed by atoms with Gasteiger partial charge in [0.25, 0.3) is 10.1 Å². The van der Waals surface area contributed by atoms with Crippen LogP contribution in [0.2, 0.25) is 0 Å². The maximum atomic E-state index is 11.2. The van der Waals surface area contributed by atoms with E-state index in [2.05, 4.69) is 6.92 Å². The summed E-state index contributed by atoms with van der Waals surface area (Å²) >= 11 is 0. The second-order valence-electron chi connectivity index (χ2n) is 5.18. The fourth-order valence-corrected chi connectivity index (χ4v) is 4.88. The summed E-state index contributed by atoms with van der Waals surface area (Å²) in [4.78, 5) is 0. The van der Waals surface area contributed by atoms with E-state index in [1.807, 2.05) is 6.92 Å². The van der Waals surface area contributed by atoms with Crippen LogP contribution in [-0.4, -0.2) is 29.4 Å². The molecule has 0 amide bonds. The first-order valence-corrected chi connectivity index (χ1v) is 6.46. The van der Waals surface area contributed by atoms with E-state index in [-0.39, 0.29) is 5.60 Å². The predicted octanol–water partition coefficient (Wildman–Crippen LogP) is 0.830. The van der Waals surface area contributed by atoms with Crippen molar-refractivity contribution in [3.05, 3.63) is 0 Å². The number of hydrogen-bond acceptors (Lipinski definition) is 3. The molecule has 2 bridgehead atoms. The van der Waals surface area contributed by atoms with Gasteiger partial charge in [-0.2, -0.15) is 8.42 Å². The van der Waals surface area contributed by atoms with Crippen molar-refractivity contribution in [2.45, 2.75) is 43.1 Å². The molecule has 14 heavy (non-hydrogen) atoms. The van der Waals surface area contributed by atoms with Crippen LogP contribution in [0.4, 0.5) is 0 Å². The van der Waals surface area contributed by atoms with Crippen LogP contribution in [0.1, 0.15) is 26.7 Å². The van der Waals surface area contributed by atoms with Crippen molar-refractivity contribution < 1.29 is 17.7 Å². The molecular weight excluding hydrogens is 204 g/mol. The van der Waals surface area contributed by atoms with E-state index in [9.17, 15) is 8.42 Å². The Bertz CT molecular complexity index is 403. The van der Waals surface area contributed by atoms with Gasteiger partial charge in [-0.1, -0.05) is 6.92 Å². The molecular formula is C9H14O4S. The van der Waals surface area contributed by atoms with Gasteiger partial charge in [-0.05, 0) is 31.6 Å². The Balaban J connectivity index is 2.05. The summed E-state index contributed by atoms with van der Waals surface area (Å²) in [5.41, 5.74) is -0.856. The second-order valence-corrected chi connectivity index (χ2v) is 6.78. The molecule has 4 nitrogen and oxygen atoms in total. The summed E-state index contributed by atoms with van der Waals surface area (Å²) in [6.45, 7) is 4.07. The maximum absolute atomic E-state index is 11.2. The van der Waals surface area contributed by atoms with Gasteiger partial charge in [0.15, 0.2) is 0 Å². The summed E-state index contributed by atoms with van der Waals surface area (Å²) in [5, 5.41) is -0.679. The second kappa shape index (κ2) is 2.03. The minimum atomic E-state index is -3.94. The largest absolute Gasteiger partial charge is 0.367 e. The highest BCUT2D eigenvalue weighted by Crippen LogP contribution is 2.71. The monoisotopic (exact) mass is 218 g/mol. The van der Waals surface area contributed by atoms with Crippen LogP contribution in [0.25, 0.3) is 0 Å². The SMILES string of the molecule is CC1C2CC23OC1(C)CC3S(=O)(=O)O. The molecule has 1 N–H and O–H groups in total. The molecule has 0 aromatic carbocycles. The van der Waals surface area contributed by atoms with Crippen molar-refractivity contribution in [1.82, 2.24) is 0 Å².